The molecule has 1 heterocycles. The smallest absolute Gasteiger partial charge is 0.223 e. The predicted molar refractivity (Wildman–Crippen MR) is 63.9 cm³/mol. The Balaban J connectivity index is 1.75. The van der Waals surface area contributed by atoms with Crippen molar-refractivity contribution in [2.45, 2.75) is 38.3 Å². The van der Waals surface area contributed by atoms with Crippen LogP contribution in [0, 0.1) is 5.92 Å². The van der Waals surface area contributed by atoms with Crippen molar-refractivity contribution in [1.82, 2.24) is 10.3 Å². The first-order valence-corrected chi connectivity index (χ1v) is 6.60. The van der Waals surface area contributed by atoms with Gasteiger partial charge >= 0.3 is 0 Å². The molecule has 1 fully saturated rings. The van der Waals surface area contributed by atoms with Gasteiger partial charge in [-0.05, 0) is 25.7 Å². The van der Waals surface area contributed by atoms with Gasteiger partial charge in [-0.3, -0.25) is 4.79 Å². The Bertz CT molecular complexity index is 331. The maximum absolute atomic E-state index is 11.8. The van der Waals surface area contributed by atoms with Gasteiger partial charge in [0.25, 0.3) is 0 Å². The summed E-state index contributed by atoms with van der Waals surface area (Å²) in [5.74, 6) is 0.304. The average molecular weight is 239 g/mol. The standard InChI is InChI=1S/C11H17N3OS/c12-9-3-1-8(2-4-9)11(15)13-5-10-6-16-7-14-10/h6-9H,1-5,12H2,(H,13,15). The number of hydrogen-bond acceptors (Lipinski definition) is 4. The maximum atomic E-state index is 11.8. The van der Waals surface area contributed by atoms with E-state index in [1.54, 1.807) is 16.8 Å². The molecule has 0 atom stereocenters. The van der Waals surface area contributed by atoms with Crippen LogP contribution in [-0.4, -0.2) is 16.9 Å². The highest BCUT2D eigenvalue weighted by Gasteiger charge is 2.24. The van der Waals surface area contributed by atoms with Crippen LogP contribution in [0.15, 0.2) is 10.9 Å². The zero-order valence-electron chi connectivity index (χ0n) is 9.19. The summed E-state index contributed by atoms with van der Waals surface area (Å²) >= 11 is 1.55. The number of nitrogens with two attached hydrogens (primary N) is 1. The molecule has 0 aromatic carbocycles. The first-order valence-electron chi connectivity index (χ1n) is 5.66. The van der Waals surface area contributed by atoms with Crippen molar-refractivity contribution in [2.24, 2.45) is 11.7 Å². The molecular formula is C11H17N3OS. The normalized spacial score (nSPS) is 25.3. The van der Waals surface area contributed by atoms with Crippen molar-refractivity contribution in [2.75, 3.05) is 0 Å². The lowest BCUT2D eigenvalue weighted by Gasteiger charge is -2.24. The van der Waals surface area contributed by atoms with Crippen LogP contribution >= 0.6 is 11.3 Å². The number of aromatic nitrogens is 1. The van der Waals surface area contributed by atoms with E-state index < -0.39 is 0 Å². The minimum Gasteiger partial charge on any atom is -0.350 e. The van der Waals surface area contributed by atoms with E-state index in [-0.39, 0.29) is 11.8 Å². The second kappa shape index (κ2) is 5.41. The Kier molecular flexibility index (Phi) is 3.90. The van der Waals surface area contributed by atoms with E-state index in [4.69, 9.17) is 5.73 Å². The summed E-state index contributed by atoms with van der Waals surface area (Å²) in [5.41, 5.74) is 8.52. The van der Waals surface area contributed by atoms with Crippen LogP contribution in [-0.2, 0) is 11.3 Å². The summed E-state index contributed by atoms with van der Waals surface area (Å²) in [5, 5.41) is 4.89. The lowest BCUT2D eigenvalue weighted by atomic mass is 9.86. The quantitative estimate of drug-likeness (QED) is 0.835. The van der Waals surface area contributed by atoms with E-state index in [1.807, 2.05) is 5.38 Å². The summed E-state index contributed by atoms with van der Waals surface area (Å²) in [4.78, 5) is 16.0. The highest BCUT2D eigenvalue weighted by Crippen LogP contribution is 2.23. The Morgan fingerprint density at radius 3 is 2.88 bits per heavy atom. The molecule has 88 valence electrons. The van der Waals surface area contributed by atoms with E-state index in [9.17, 15) is 4.79 Å². The van der Waals surface area contributed by atoms with E-state index in [2.05, 4.69) is 10.3 Å². The van der Waals surface area contributed by atoms with Crippen LogP contribution in [0.2, 0.25) is 0 Å². The van der Waals surface area contributed by atoms with Crippen LogP contribution in [0.3, 0.4) is 0 Å². The highest BCUT2D eigenvalue weighted by molar-refractivity contribution is 7.07. The Labute approximate surface area is 99.3 Å². The van der Waals surface area contributed by atoms with E-state index in [0.717, 1.165) is 31.4 Å². The van der Waals surface area contributed by atoms with E-state index in [0.29, 0.717) is 12.6 Å². The van der Waals surface area contributed by atoms with E-state index >= 15 is 0 Å². The molecular weight excluding hydrogens is 222 g/mol. The molecule has 0 bridgehead atoms. The van der Waals surface area contributed by atoms with Gasteiger partial charge in [-0.15, -0.1) is 11.3 Å². The molecule has 3 N–H and O–H groups in total. The summed E-state index contributed by atoms with van der Waals surface area (Å²) in [6, 6.07) is 0.294. The lowest BCUT2D eigenvalue weighted by Crippen LogP contribution is -2.35. The summed E-state index contributed by atoms with van der Waals surface area (Å²) < 4.78 is 0. The van der Waals surface area contributed by atoms with Crippen molar-refractivity contribution in [3.63, 3.8) is 0 Å². The first kappa shape index (κ1) is 11.5. The number of nitrogens with one attached hydrogen (secondary N) is 1. The predicted octanol–water partition coefficient (Wildman–Crippen LogP) is 1.28. The van der Waals surface area contributed by atoms with Gasteiger partial charge in [0.2, 0.25) is 5.91 Å². The third kappa shape index (κ3) is 3.02. The van der Waals surface area contributed by atoms with Crippen LogP contribution in [0.4, 0.5) is 0 Å². The molecule has 4 nitrogen and oxygen atoms in total. The van der Waals surface area contributed by atoms with Gasteiger partial charge in [-0.2, -0.15) is 0 Å². The first-order chi connectivity index (χ1) is 7.75. The minimum atomic E-state index is 0.151. The van der Waals surface area contributed by atoms with Gasteiger partial charge in [0.1, 0.15) is 0 Å². The molecule has 0 aliphatic heterocycles. The van der Waals surface area contributed by atoms with Crippen molar-refractivity contribution in [1.29, 1.82) is 0 Å². The molecule has 1 amide bonds. The number of rotatable bonds is 3. The molecule has 5 heteroatoms. The molecule has 1 aliphatic carbocycles. The molecule has 0 unspecified atom stereocenters. The van der Waals surface area contributed by atoms with Crippen molar-refractivity contribution < 1.29 is 4.79 Å². The number of thiazole rings is 1. The molecule has 1 aromatic heterocycles. The van der Waals surface area contributed by atoms with Crippen LogP contribution in [0.5, 0.6) is 0 Å². The van der Waals surface area contributed by atoms with Gasteiger partial charge in [0.05, 0.1) is 17.7 Å². The van der Waals surface area contributed by atoms with Gasteiger partial charge in [-0.1, -0.05) is 0 Å². The highest BCUT2D eigenvalue weighted by atomic mass is 32.1. The molecule has 0 spiro atoms. The van der Waals surface area contributed by atoms with Crippen LogP contribution in [0.25, 0.3) is 0 Å². The second-order valence-corrected chi connectivity index (χ2v) is 5.03. The number of amides is 1. The lowest BCUT2D eigenvalue weighted by molar-refractivity contribution is -0.126. The summed E-state index contributed by atoms with van der Waals surface area (Å²) in [6.45, 7) is 0.547. The molecule has 1 aromatic rings. The fourth-order valence-electron chi connectivity index (χ4n) is 2.03. The fourth-order valence-corrected chi connectivity index (χ4v) is 2.59. The zero-order valence-corrected chi connectivity index (χ0v) is 10.0. The van der Waals surface area contributed by atoms with Crippen molar-refractivity contribution in [3.8, 4) is 0 Å². The average Bonchev–Trinajstić information content (AvgIpc) is 2.80. The summed E-state index contributed by atoms with van der Waals surface area (Å²) in [6.07, 6.45) is 3.78. The van der Waals surface area contributed by atoms with Gasteiger partial charge in [0.15, 0.2) is 0 Å². The molecule has 1 aliphatic rings. The third-order valence-electron chi connectivity index (χ3n) is 3.07. The molecule has 1 saturated carbocycles. The Hall–Kier alpha value is -0.940. The van der Waals surface area contributed by atoms with Gasteiger partial charge in [0, 0.05) is 17.3 Å². The van der Waals surface area contributed by atoms with Gasteiger partial charge in [-0.25, -0.2) is 4.98 Å². The molecule has 16 heavy (non-hydrogen) atoms. The number of nitrogens with zero attached hydrogens (tertiary/aromatic N) is 1. The molecule has 0 radical (unpaired) electrons. The molecule has 2 rings (SSSR count). The number of carbonyl (C=O) groups is 1. The fraction of sp³-hybridized carbons (Fsp3) is 0.636. The zero-order chi connectivity index (χ0) is 11.4. The topological polar surface area (TPSA) is 68.0 Å². The van der Waals surface area contributed by atoms with Crippen LogP contribution < -0.4 is 11.1 Å². The number of hydrogen-bond donors (Lipinski definition) is 2. The van der Waals surface area contributed by atoms with Crippen molar-refractivity contribution in [3.05, 3.63) is 16.6 Å². The Morgan fingerprint density at radius 2 is 2.25 bits per heavy atom. The van der Waals surface area contributed by atoms with Crippen LogP contribution in [0.1, 0.15) is 31.4 Å². The SMILES string of the molecule is NC1CCC(C(=O)NCc2cscn2)CC1. The van der Waals surface area contributed by atoms with Gasteiger partial charge < -0.3 is 11.1 Å². The maximum Gasteiger partial charge on any atom is 0.223 e. The monoisotopic (exact) mass is 239 g/mol. The second-order valence-electron chi connectivity index (χ2n) is 4.31. The minimum absolute atomic E-state index is 0.151. The number of carbonyl (C=O) groups excluding carboxylic acids is 1. The summed E-state index contributed by atoms with van der Waals surface area (Å²) in [7, 11) is 0. The van der Waals surface area contributed by atoms with Crippen molar-refractivity contribution >= 4 is 17.2 Å². The third-order valence-corrected chi connectivity index (χ3v) is 3.71. The largest absolute Gasteiger partial charge is 0.350 e. The van der Waals surface area contributed by atoms with E-state index in [1.165, 1.54) is 0 Å². The molecule has 0 saturated heterocycles. The Morgan fingerprint density at radius 1 is 1.50 bits per heavy atom.